The second-order valence-electron chi connectivity index (χ2n) is 3.41. The minimum Gasteiger partial charge on any atom is -0.417 e. The van der Waals surface area contributed by atoms with Gasteiger partial charge in [0.2, 0.25) is 5.88 Å². The number of pyridine rings is 1. The van der Waals surface area contributed by atoms with Crippen molar-refractivity contribution in [3.05, 3.63) is 35.3 Å². The number of rotatable bonds is 3. The highest BCUT2D eigenvalue weighted by atomic mass is 19.3. The largest absolute Gasteiger partial charge is 0.417 e. The molecule has 0 N–H and O–H groups in total. The SMILES string of the molecule is [C-]#[N+]C(C)(C)c1cccc(OC(F)F)n1. The standard InChI is InChI=1S/C10H10F2N2O/c1-10(2,13-3)7-5-4-6-8(14-7)15-9(11)12/h4-6,9H,1-2H3. The van der Waals surface area contributed by atoms with Gasteiger partial charge in [0.15, 0.2) is 0 Å². The van der Waals surface area contributed by atoms with Crippen LogP contribution in [-0.2, 0) is 5.54 Å². The maximum absolute atomic E-state index is 11.9. The molecule has 1 heterocycles. The van der Waals surface area contributed by atoms with E-state index in [-0.39, 0.29) is 5.88 Å². The van der Waals surface area contributed by atoms with E-state index in [0.29, 0.717) is 5.69 Å². The molecule has 0 spiro atoms. The zero-order chi connectivity index (χ0) is 11.5. The monoisotopic (exact) mass is 212 g/mol. The lowest BCUT2D eigenvalue weighted by molar-refractivity contribution is -0.0530. The Kier molecular flexibility index (Phi) is 3.20. The number of aromatic nitrogens is 1. The quantitative estimate of drug-likeness (QED) is 0.720. The molecule has 5 heteroatoms. The summed E-state index contributed by atoms with van der Waals surface area (Å²) >= 11 is 0. The van der Waals surface area contributed by atoms with Crippen LogP contribution in [0.3, 0.4) is 0 Å². The van der Waals surface area contributed by atoms with Crippen LogP contribution in [0.2, 0.25) is 0 Å². The number of hydrogen-bond acceptors (Lipinski definition) is 2. The molecule has 0 aliphatic rings. The summed E-state index contributed by atoms with van der Waals surface area (Å²) < 4.78 is 28.0. The molecule has 0 fully saturated rings. The Morgan fingerprint density at radius 2 is 2.13 bits per heavy atom. The minimum absolute atomic E-state index is 0.167. The molecule has 1 aromatic rings. The summed E-state index contributed by atoms with van der Waals surface area (Å²) in [6.07, 6.45) is 0. The lowest BCUT2D eigenvalue weighted by atomic mass is 10.0. The summed E-state index contributed by atoms with van der Waals surface area (Å²) in [5.41, 5.74) is -0.419. The highest BCUT2D eigenvalue weighted by Gasteiger charge is 2.28. The van der Waals surface area contributed by atoms with Gasteiger partial charge in [-0.2, -0.15) is 8.78 Å². The number of hydrogen-bond donors (Lipinski definition) is 0. The summed E-state index contributed by atoms with van der Waals surface area (Å²) in [6.45, 7) is 7.37. The lowest BCUT2D eigenvalue weighted by Gasteiger charge is -2.11. The fourth-order valence-corrected chi connectivity index (χ4v) is 0.970. The second-order valence-corrected chi connectivity index (χ2v) is 3.41. The van der Waals surface area contributed by atoms with Crippen LogP contribution in [0.15, 0.2) is 18.2 Å². The maximum Gasteiger partial charge on any atom is 0.388 e. The van der Waals surface area contributed by atoms with Crippen molar-refractivity contribution < 1.29 is 13.5 Å². The van der Waals surface area contributed by atoms with Crippen LogP contribution in [0.25, 0.3) is 4.85 Å². The Morgan fingerprint density at radius 3 is 2.67 bits per heavy atom. The Bertz CT molecular complexity index is 385. The highest BCUT2D eigenvalue weighted by molar-refractivity contribution is 5.23. The van der Waals surface area contributed by atoms with Gasteiger partial charge in [-0.05, 0) is 6.07 Å². The molecule has 0 aromatic carbocycles. The van der Waals surface area contributed by atoms with Crippen molar-refractivity contribution in [2.75, 3.05) is 0 Å². The normalized spacial score (nSPS) is 11.2. The Hall–Kier alpha value is -1.70. The average molecular weight is 212 g/mol. The van der Waals surface area contributed by atoms with Crippen molar-refractivity contribution >= 4 is 0 Å². The van der Waals surface area contributed by atoms with E-state index in [1.807, 2.05) is 0 Å². The van der Waals surface area contributed by atoms with Crippen LogP contribution >= 0.6 is 0 Å². The zero-order valence-electron chi connectivity index (χ0n) is 8.37. The van der Waals surface area contributed by atoms with Gasteiger partial charge in [-0.3, -0.25) is 0 Å². The third kappa shape index (κ3) is 2.88. The zero-order valence-corrected chi connectivity index (χ0v) is 8.37. The van der Waals surface area contributed by atoms with Gasteiger partial charge in [-0.15, -0.1) is 0 Å². The molecule has 0 radical (unpaired) electrons. The molecule has 0 saturated carbocycles. The van der Waals surface area contributed by atoms with Crippen LogP contribution < -0.4 is 4.74 Å². The number of halogens is 2. The molecule has 0 aliphatic heterocycles. The second kappa shape index (κ2) is 4.22. The highest BCUT2D eigenvalue weighted by Crippen LogP contribution is 2.24. The van der Waals surface area contributed by atoms with Gasteiger partial charge in [0.25, 0.3) is 5.54 Å². The molecule has 1 aromatic heterocycles. The molecule has 15 heavy (non-hydrogen) atoms. The first kappa shape index (κ1) is 11.4. The fourth-order valence-electron chi connectivity index (χ4n) is 0.970. The van der Waals surface area contributed by atoms with Crippen molar-refractivity contribution in [1.82, 2.24) is 4.98 Å². The van der Waals surface area contributed by atoms with Gasteiger partial charge in [-0.25, -0.2) is 11.6 Å². The van der Waals surface area contributed by atoms with Crippen LogP contribution in [0, 0.1) is 6.57 Å². The van der Waals surface area contributed by atoms with Gasteiger partial charge in [0.05, 0.1) is 0 Å². The third-order valence-electron chi connectivity index (χ3n) is 1.84. The van der Waals surface area contributed by atoms with E-state index in [4.69, 9.17) is 6.57 Å². The van der Waals surface area contributed by atoms with E-state index in [1.54, 1.807) is 19.9 Å². The van der Waals surface area contributed by atoms with E-state index < -0.39 is 12.2 Å². The first-order chi connectivity index (χ1) is 6.95. The van der Waals surface area contributed by atoms with Crippen molar-refractivity contribution in [2.45, 2.75) is 26.0 Å². The van der Waals surface area contributed by atoms with Gasteiger partial charge < -0.3 is 9.58 Å². The van der Waals surface area contributed by atoms with Crippen LogP contribution in [0.5, 0.6) is 5.88 Å². The van der Waals surface area contributed by atoms with Crippen molar-refractivity contribution in [3.8, 4) is 5.88 Å². The summed E-state index contributed by atoms with van der Waals surface area (Å²) in [7, 11) is 0. The van der Waals surface area contributed by atoms with E-state index >= 15 is 0 Å². The Labute approximate surface area is 86.5 Å². The summed E-state index contributed by atoms with van der Waals surface area (Å²) in [6, 6.07) is 4.47. The summed E-state index contributed by atoms with van der Waals surface area (Å²) in [5, 5.41) is 0. The topological polar surface area (TPSA) is 26.5 Å². The Balaban J connectivity index is 2.99. The van der Waals surface area contributed by atoms with Crippen LogP contribution in [-0.4, -0.2) is 11.6 Å². The lowest BCUT2D eigenvalue weighted by Crippen LogP contribution is -2.14. The van der Waals surface area contributed by atoms with E-state index in [0.717, 1.165) is 0 Å². The third-order valence-corrected chi connectivity index (χ3v) is 1.84. The van der Waals surface area contributed by atoms with Crippen molar-refractivity contribution in [3.63, 3.8) is 0 Å². The van der Waals surface area contributed by atoms with Crippen molar-refractivity contribution in [1.29, 1.82) is 0 Å². The van der Waals surface area contributed by atoms with Gasteiger partial charge in [0.1, 0.15) is 5.69 Å². The summed E-state index contributed by atoms with van der Waals surface area (Å²) in [4.78, 5) is 7.19. The predicted molar refractivity (Wildman–Crippen MR) is 50.5 cm³/mol. The molecule has 0 bridgehead atoms. The van der Waals surface area contributed by atoms with E-state index in [1.165, 1.54) is 12.1 Å². The molecule has 0 amide bonds. The van der Waals surface area contributed by atoms with Crippen molar-refractivity contribution in [2.24, 2.45) is 0 Å². The molecule has 0 unspecified atom stereocenters. The molecule has 0 aliphatic carbocycles. The number of ether oxygens (including phenoxy) is 1. The molecule has 0 atom stereocenters. The average Bonchev–Trinajstić information content (AvgIpc) is 2.17. The number of nitrogens with zero attached hydrogens (tertiary/aromatic N) is 2. The predicted octanol–water partition coefficient (Wildman–Crippen LogP) is 2.84. The summed E-state index contributed by atoms with van der Waals surface area (Å²) in [5.74, 6) is -0.167. The van der Waals surface area contributed by atoms with Crippen LogP contribution in [0.4, 0.5) is 8.78 Å². The fraction of sp³-hybridized carbons (Fsp3) is 0.400. The Morgan fingerprint density at radius 1 is 1.47 bits per heavy atom. The van der Waals surface area contributed by atoms with Gasteiger partial charge in [-0.1, -0.05) is 6.07 Å². The molecule has 80 valence electrons. The molecule has 1 rings (SSSR count). The molecular formula is C10H10F2N2O. The first-order valence-electron chi connectivity index (χ1n) is 4.26. The van der Waals surface area contributed by atoms with E-state index in [9.17, 15) is 8.78 Å². The number of alkyl halides is 2. The molecular weight excluding hydrogens is 202 g/mol. The maximum atomic E-state index is 11.9. The molecule has 3 nitrogen and oxygen atoms in total. The van der Waals surface area contributed by atoms with Crippen LogP contribution in [0.1, 0.15) is 19.5 Å². The van der Waals surface area contributed by atoms with Gasteiger partial charge in [0, 0.05) is 19.9 Å². The smallest absolute Gasteiger partial charge is 0.388 e. The first-order valence-corrected chi connectivity index (χ1v) is 4.26. The van der Waals surface area contributed by atoms with Gasteiger partial charge >= 0.3 is 6.61 Å². The molecule has 0 saturated heterocycles. The minimum atomic E-state index is -2.90. The van der Waals surface area contributed by atoms with E-state index in [2.05, 4.69) is 14.6 Å².